The molecule has 0 heterocycles. The number of carbonyl (C=O) groups is 2. The maximum atomic E-state index is 13.5. The molecule has 8 heteroatoms. The van der Waals surface area contributed by atoms with Crippen LogP contribution in [0.5, 0.6) is 5.75 Å². The third-order valence-electron chi connectivity index (χ3n) is 5.33. The number of hydrogen-bond donors (Lipinski definition) is 1. The second-order valence-corrected chi connectivity index (χ2v) is 8.70. The van der Waals surface area contributed by atoms with Crippen molar-refractivity contribution < 1.29 is 19.1 Å². The summed E-state index contributed by atoms with van der Waals surface area (Å²) in [5.41, 5.74) is 1.77. The third kappa shape index (κ3) is 8.28. The zero-order valence-corrected chi connectivity index (χ0v) is 21.0. The molecule has 3 rings (SSSR count). The standard InChI is InChI=1S/C27H28Cl2N2O4/c1-34-16-15-30-27(33)24(17-20-7-3-2-4-8-20)31(18-21-11-13-22(28)14-12-21)26(32)19-35-25-10-6-5-9-23(25)29/h2-14,24H,15-19H2,1H3,(H,30,33). The Hall–Kier alpha value is -3.06. The maximum absolute atomic E-state index is 13.5. The molecule has 3 aromatic carbocycles. The first-order chi connectivity index (χ1) is 17.0. The lowest BCUT2D eigenvalue weighted by Crippen LogP contribution is -2.52. The molecule has 0 aliphatic rings. The normalized spacial score (nSPS) is 11.5. The van der Waals surface area contributed by atoms with Gasteiger partial charge in [0.1, 0.15) is 11.8 Å². The van der Waals surface area contributed by atoms with Crippen LogP contribution in [0.25, 0.3) is 0 Å². The first kappa shape index (κ1) is 26.5. The van der Waals surface area contributed by atoms with Gasteiger partial charge in [-0.15, -0.1) is 0 Å². The summed E-state index contributed by atoms with van der Waals surface area (Å²) in [4.78, 5) is 28.3. The molecule has 0 fully saturated rings. The Balaban J connectivity index is 1.88. The van der Waals surface area contributed by atoms with E-state index in [0.29, 0.717) is 35.4 Å². The van der Waals surface area contributed by atoms with E-state index in [1.165, 1.54) is 4.90 Å². The summed E-state index contributed by atoms with van der Waals surface area (Å²) < 4.78 is 10.8. The molecule has 2 amide bonds. The molecule has 1 N–H and O–H groups in total. The number of ether oxygens (including phenoxy) is 2. The van der Waals surface area contributed by atoms with Gasteiger partial charge in [0.2, 0.25) is 5.91 Å². The lowest BCUT2D eigenvalue weighted by molar-refractivity contribution is -0.142. The fraction of sp³-hybridized carbons (Fsp3) is 0.259. The highest BCUT2D eigenvalue weighted by atomic mass is 35.5. The van der Waals surface area contributed by atoms with Crippen molar-refractivity contribution in [1.29, 1.82) is 0 Å². The zero-order valence-electron chi connectivity index (χ0n) is 19.5. The van der Waals surface area contributed by atoms with Gasteiger partial charge in [-0.3, -0.25) is 9.59 Å². The van der Waals surface area contributed by atoms with E-state index in [0.717, 1.165) is 11.1 Å². The monoisotopic (exact) mass is 514 g/mol. The minimum atomic E-state index is -0.771. The van der Waals surface area contributed by atoms with E-state index in [1.807, 2.05) is 42.5 Å². The maximum Gasteiger partial charge on any atom is 0.261 e. The summed E-state index contributed by atoms with van der Waals surface area (Å²) in [6.07, 6.45) is 0.338. The first-order valence-corrected chi connectivity index (χ1v) is 12.0. The van der Waals surface area contributed by atoms with Gasteiger partial charge in [-0.25, -0.2) is 0 Å². The molecule has 0 spiro atoms. The van der Waals surface area contributed by atoms with Crippen molar-refractivity contribution in [2.24, 2.45) is 0 Å². The van der Waals surface area contributed by atoms with Gasteiger partial charge in [-0.05, 0) is 35.4 Å². The van der Waals surface area contributed by atoms with Crippen molar-refractivity contribution in [3.8, 4) is 5.75 Å². The molecule has 1 unspecified atom stereocenters. The summed E-state index contributed by atoms with van der Waals surface area (Å²) in [6.45, 7) is 0.634. The SMILES string of the molecule is COCCNC(=O)C(Cc1ccccc1)N(Cc1ccc(Cl)cc1)C(=O)COc1ccccc1Cl. The number of amides is 2. The molecule has 1 atom stereocenters. The zero-order chi connectivity index (χ0) is 25.0. The first-order valence-electron chi connectivity index (χ1n) is 11.2. The van der Waals surface area contributed by atoms with Crippen LogP contribution >= 0.6 is 23.2 Å². The van der Waals surface area contributed by atoms with Gasteiger partial charge in [0.05, 0.1) is 11.6 Å². The predicted octanol–water partition coefficient (Wildman–Crippen LogP) is 4.77. The minimum Gasteiger partial charge on any atom is -0.482 e. The number of rotatable bonds is 12. The van der Waals surface area contributed by atoms with E-state index < -0.39 is 6.04 Å². The molecule has 0 aromatic heterocycles. The number of methoxy groups -OCH3 is 1. The average Bonchev–Trinajstić information content (AvgIpc) is 2.87. The topological polar surface area (TPSA) is 67.9 Å². The molecule has 0 aliphatic heterocycles. The van der Waals surface area contributed by atoms with E-state index in [2.05, 4.69) is 5.32 Å². The number of hydrogen-bond acceptors (Lipinski definition) is 4. The molecule has 0 radical (unpaired) electrons. The Morgan fingerprint density at radius 2 is 1.60 bits per heavy atom. The Labute approximate surface area is 215 Å². The molecular formula is C27H28Cl2N2O4. The fourth-order valence-corrected chi connectivity index (χ4v) is 3.84. The molecule has 6 nitrogen and oxygen atoms in total. The molecular weight excluding hydrogens is 487 g/mol. The number of halogens is 2. The van der Waals surface area contributed by atoms with Crippen LogP contribution in [0.15, 0.2) is 78.9 Å². The van der Waals surface area contributed by atoms with Crippen LogP contribution in [0.4, 0.5) is 0 Å². The van der Waals surface area contributed by atoms with Gasteiger partial charge in [0.15, 0.2) is 6.61 Å². The van der Waals surface area contributed by atoms with Gasteiger partial charge in [0.25, 0.3) is 5.91 Å². The van der Waals surface area contributed by atoms with E-state index >= 15 is 0 Å². The Morgan fingerprint density at radius 3 is 2.29 bits per heavy atom. The van der Waals surface area contributed by atoms with Gasteiger partial charge in [-0.2, -0.15) is 0 Å². The summed E-state index contributed by atoms with van der Waals surface area (Å²) in [7, 11) is 1.57. The molecule has 0 bridgehead atoms. The lowest BCUT2D eigenvalue weighted by atomic mass is 10.0. The highest BCUT2D eigenvalue weighted by Gasteiger charge is 2.30. The number of carbonyl (C=O) groups excluding carboxylic acids is 2. The molecule has 0 saturated carbocycles. The highest BCUT2D eigenvalue weighted by Crippen LogP contribution is 2.23. The Kier molecular flexibility index (Phi) is 10.4. The molecule has 0 saturated heterocycles. The van der Waals surface area contributed by atoms with Crippen molar-refractivity contribution in [3.05, 3.63) is 100 Å². The van der Waals surface area contributed by atoms with Crippen LogP contribution < -0.4 is 10.1 Å². The van der Waals surface area contributed by atoms with Crippen LogP contribution in [0, 0.1) is 0 Å². The molecule has 0 aliphatic carbocycles. The molecule has 3 aromatic rings. The van der Waals surface area contributed by atoms with Crippen LogP contribution in [0.2, 0.25) is 10.0 Å². The summed E-state index contributed by atoms with van der Waals surface area (Å²) >= 11 is 12.2. The fourth-order valence-electron chi connectivity index (χ4n) is 3.52. The van der Waals surface area contributed by atoms with Crippen LogP contribution in [-0.2, 0) is 27.3 Å². The van der Waals surface area contributed by atoms with Crippen LogP contribution in [0.1, 0.15) is 11.1 Å². The largest absolute Gasteiger partial charge is 0.482 e. The third-order valence-corrected chi connectivity index (χ3v) is 5.89. The molecule has 184 valence electrons. The summed E-state index contributed by atoms with van der Waals surface area (Å²) in [5, 5.41) is 3.87. The van der Waals surface area contributed by atoms with Crippen molar-refractivity contribution in [2.45, 2.75) is 19.0 Å². The number of nitrogens with zero attached hydrogens (tertiary/aromatic N) is 1. The summed E-state index contributed by atoms with van der Waals surface area (Å²) in [5.74, 6) is -0.216. The van der Waals surface area contributed by atoms with Crippen LogP contribution in [-0.4, -0.2) is 49.6 Å². The van der Waals surface area contributed by atoms with Crippen molar-refractivity contribution in [2.75, 3.05) is 26.9 Å². The second kappa shape index (κ2) is 13.7. The highest BCUT2D eigenvalue weighted by molar-refractivity contribution is 6.32. The van der Waals surface area contributed by atoms with E-state index in [4.69, 9.17) is 32.7 Å². The van der Waals surface area contributed by atoms with Crippen molar-refractivity contribution in [1.82, 2.24) is 10.2 Å². The second-order valence-electron chi connectivity index (χ2n) is 7.86. The van der Waals surface area contributed by atoms with E-state index in [-0.39, 0.29) is 25.0 Å². The smallest absolute Gasteiger partial charge is 0.261 e. The van der Waals surface area contributed by atoms with E-state index in [1.54, 1.807) is 43.5 Å². The summed E-state index contributed by atoms with van der Waals surface area (Å²) in [6, 6.07) is 22.9. The van der Waals surface area contributed by atoms with Crippen LogP contribution in [0.3, 0.4) is 0 Å². The van der Waals surface area contributed by atoms with Crippen molar-refractivity contribution in [3.63, 3.8) is 0 Å². The van der Waals surface area contributed by atoms with Gasteiger partial charge in [-0.1, -0.05) is 77.8 Å². The van der Waals surface area contributed by atoms with E-state index in [9.17, 15) is 9.59 Å². The average molecular weight is 515 g/mol. The quantitative estimate of drug-likeness (QED) is 0.353. The van der Waals surface area contributed by atoms with Gasteiger partial charge >= 0.3 is 0 Å². The number of benzene rings is 3. The lowest BCUT2D eigenvalue weighted by Gasteiger charge is -2.31. The number of nitrogens with one attached hydrogen (secondary N) is 1. The van der Waals surface area contributed by atoms with Crippen molar-refractivity contribution >= 4 is 35.0 Å². The van der Waals surface area contributed by atoms with Gasteiger partial charge in [0, 0.05) is 31.6 Å². The predicted molar refractivity (Wildman–Crippen MR) is 138 cm³/mol. The Morgan fingerprint density at radius 1 is 0.914 bits per heavy atom. The number of para-hydroxylation sites is 1. The minimum absolute atomic E-state index is 0.205. The van der Waals surface area contributed by atoms with Gasteiger partial charge < -0.3 is 19.7 Å². The Bertz CT molecular complexity index is 1090. The molecule has 35 heavy (non-hydrogen) atoms.